The number of carbonyl (C=O) groups excluding carboxylic acids is 1. The lowest BCUT2D eigenvalue weighted by Crippen LogP contribution is -2.38. The molecular formula is C15H20FN3O. The quantitative estimate of drug-likeness (QED) is 0.753. The van der Waals surface area contributed by atoms with Gasteiger partial charge in [-0.3, -0.25) is 4.79 Å². The number of hydrogen-bond acceptors (Lipinski definition) is 3. The smallest absolute Gasteiger partial charge is 0.242 e. The minimum absolute atomic E-state index is 0.130. The maximum Gasteiger partial charge on any atom is 0.242 e. The number of nitriles is 1. The number of amides is 1. The molecule has 20 heavy (non-hydrogen) atoms. The molecule has 2 N–H and O–H groups in total. The summed E-state index contributed by atoms with van der Waals surface area (Å²) in [6, 6.07) is 5.30. The van der Waals surface area contributed by atoms with Crippen LogP contribution in [0.25, 0.3) is 0 Å². The zero-order valence-corrected chi connectivity index (χ0v) is 11.9. The monoisotopic (exact) mass is 277 g/mol. The van der Waals surface area contributed by atoms with Crippen LogP contribution in [0.2, 0.25) is 0 Å². The molecule has 0 saturated carbocycles. The molecule has 0 aromatic heterocycles. The molecule has 0 bridgehead atoms. The average Bonchev–Trinajstić information content (AvgIpc) is 2.45. The minimum atomic E-state index is -0.478. The minimum Gasteiger partial charge on any atom is -0.373 e. The molecule has 4 nitrogen and oxygen atoms in total. The first-order chi connectivity index (χ1) is 9.58. The van der Waals surface area contributed by atoms with Crippen LogP contribution in [0.4, 0.5) is 10.1 Å². The van der Waals surface area contributed by atoms with E-state index in [4.69, 9.17) is 5.26 Å². The second-order valence-corrected chi connectivity index (χ2v) is 4.67. The van der Waals surface area contributed by atoms with Crippen LogP contribution in [-0.2, 0) is 4.79 Å². The number of nitrogens with zero attached hydrogens (tertiary/aromatic N) is 1. The Labute approximate surface area is 119 Å². The van der Waals surface area contributed by atoms with Crippen LogP contribution < -0.4 is 10.6 Å². The van der Waals surface area contributed by atoms with E-state index < -0.39 is 11.9 Å². The first kappa shape index (κ1) is 16.0. The van der Waals surface area contributed by atoms with Crippen molar-refractivity contribution >= 4 is 11.6 Å². The van der Waals surface area contributed by atoms with Crippen LogP contribution in [0.15, 0.2) is 18.2 Å². The lowest BCUT2D eigenvalue weighted by atomic mass is 10.1. The molecule has 0 saturated heterocycles. The highest BCUT2D eigenvalue weighted by Crippen LogP contribution is 2.16. The lowest BCUT2D eigenvalue weighted by molar-refractivity contribution is -0.121. The van der Waals surface area contributed by atoms with Gasteiger partial charge in [0.1, 0.15) is 17.9 Å². The van der Waals surface area contributed by atoms with Gasteiger partial charge < -0.3 is 10.6 Å². The van der Waals surface area contributed by atoms with Gasteiger partial charge >= 0.3 is 0 Å². The molecule has 108 valence electrons. The SMILES string of the molecule is CCCCCNC(=O)C(C)Nc1ccc(F)cc1C#N. The van der Waals surface area contributed by atoms with E-state index in [-0.39, 0.29) is 11.5 Å². The summed E-state index contributed by atoms with van der Waals surface area (Å²) < 4.78 is 13.0. The van der Waals surface area contributed by atoms with Crippen LogP contribution in [0, 0.1) is 17.1 Å². The predicted molar refractivity (Wildman–Crippen MR) is 76.7 cm³/mol. The van der Waals surface area contributed by atoms with Crippen molar-refractivity contribution in [2.24, 2.45) is 0 Å². The van der Waals surface area contributed by atoms with Crippen molar-refractivity contribution in [3.8, 4) is 6.07 Å². The maximum absolute atomic E-state index is 13.0. The van der Waals surface area contributed by atoms with Crippen molar-refractivity contribution in [1.29, 1.82) is 5.26 Å². The van der Waals surface area contributed by atoms with Gasteiger partial charge in [-0.2, -0.15) is 5.26 Å². The van der Waals surface area contributed by atoms with E-state index in [2.05, 4.69) is 17.6 Å². The summed E-state index contributed by atoms with van der Waals surface area (Å²) >= 11 is 0. The summed E-state index contributed by atoms with van der Waals surface area (Å²) in [7, 11) is 0. The van der Waals surface area contributed by atoms with Crippen LogP contribution in [0.1, 0.15) is 38.7 Å². The molecule has 0 aliphatic rings. The molecule has 1 atom stereocenters. The highest BCUT2D eigenvalue weighted by molar-refractivity contribution is 5.84. The number of hydrogen-bond donors (Lipinski definition) is 2. The molecule has 1 rings (SSSR count). The van der Waals surface area contributed by atoms with Crippen molar-refractivity contribution in [3.05, 3.63) is 29.6 Å². The number of rotatable bonds is 7. The fourth-order valence-electron chi connectivity index (χ4n) is 1.77. The van der Waals surface area contributed by atoms with E-state index in [0.29, 0.717) is 12.2 Å². The van der Waals surface area contributed by atoms with E-state index >= 15 is 0 Å². The molecule has 0 fully saturated rings. The fourth-order valence-corrected chi connectivity index (χ4v) is 1.77. The third-order valence-corrected chi connectivity index (χ3v) is 2.95. The molecule has 1 aromatic carbocycles. The van der Waals surface area contributed by atoms with Gasteiger partial charge in [-0.05, 0) is 31.5 Å². The molecule has 5 heteroatoms. The van der Waals surface area contributed by atoms with E-state index in [1.807, 2.05) is 6.07 Å². The zero-order valence-electron chi connectivity index (χ0n) is 11.9. The number of nitrogens with one attached hydrogen (secondary N) is 2. The number of halogens is 1. The summed E-state index contributed by atoms with van der Waals surface area (Å²) in [4.78, 5) is 11.8. The Hall–Kier alpha value is -2.09. The van der Waals surface area contributed by atoms with Crippen molar-refractivity contribution in [2.75, 3.05) is 11.9 Å². The second-order valence-electron chi connectivity index (χ2n) is 4.67. The Bertz CT molecular complexity index is 496. The first-order valence-corrected chi connectivity index (χ1v) is 6.82. The van der Waals surface area contributed by atoms with E-state index in [1.165, 1.54) is 12.1 Å². The molecule has 1 unspecified atom stereocenters. The third kappa shape index (κ3) is 4.88. The molecular weight excluding hydrogens is 257 g/mol. The molecule has 1 amide bonds. The largest absolute Gasteiger partial charge is 0.373 e. The summed E-state index contributed by atoms with van der Waals surface area (Å²) in [6.45, 7) is 4.46. The summed E-state index contributed by atoms with van der Waals surface area (Å²) in [5.74, 6) is -0.599. The Morgan fingerprint density at radius 1 is 1.45 bits per heavy atom. The van der Waals surface area contributed by atoms with Crippen LogP contribution in [0.3, 0.4) is 0 Å². The van der Waals surface area contributed by atoms with Crippen molar-refractivity contribution < 1.29 is 9.18 Å². The Morgan fingerprint density at radius 3 is 2.85 bits per heavy atom. The number of carbonyl (C=O) groups is 1. The average molecular weight is 277 g/mol. The second kappa shape index (κ2) is 8.16. The molecule has 0 aliphatic carbocycles. The summed E-state index contributed by atoms with van der Waals surface area (Å²) in [5, 5.41) is 14.7. The molecule has 0 heterocycles. The van der Waals surface area contributed by atoms with E-state index in [9.17, 15) is 9.18 Å². The lowest BCUT2D eigenvalue weighted by Gasteiger charge is -2.16. The van der Waals surface area contributed by atoms with Gasteiger partial charge in [-0.1, -0.05) is 19.8 Å². The Kier molecular flexibility index (Phi) is 6.51. The Morgan fingerprint density at radius 2 is 2.20 bits per heavy atom. The molecule has 1 aromatic rings. The molecule has 0 radical (unpaired) electrons. The van der Waals surface area contributed by atoms with Gasteiger partial charge in [0.05, 0.1) is 11.3 Å². The maximum atomic E-state index is 13.0. The van der Waals surface area contributed by atoms with Gasteiger partial charge in [0.15, 0.2) is 0 Å². The summed E-state index contributed by atoms with van der Waals surface area (Å²) in [5.41, 5.74) is 0.653. The summed E-state index contributed by atoms with van der Waals surface area (Å²) in [6.07, 6.45) is 3.14. The van der Waals surface area contributed by atoms with Crippen molar-refractivity contribution in [3.63, 3.8) is 0 Å². The van der Waals surface area contributed by atoms with E-state index in [1.54, 1.807) is 6.92 Å². The number of anilines is 1. The molecule has 0 spiro atoms. The zero-order chi connectivity index (χ0) is 15.0. The van der Waals surface area contributed by atoms with Crippen molar-refractivity contribution in [1.82, 2.24) is 5.32 Å². The van der Waals surface area contributed by atoms with Crippen LogP contribution in [-0.4, -0.2) is 18.5 Å². The van der Waals surface area contributed by atoms with Crippen LogP contribution >= 0.6 is 0 Å². The topological polar surface area (TPSA) is 64.9 Å². The Balaban J connectivity index is 2.55. The van der Waals surface area contributed by atoms with E-state index in [0.717, 1.165) is 25.3 Å². The first-order valence-electron chi connectivity index (χ1n) is 6.82. The van der Waals surface area contributed by atoms with Crippen molar-refractivity contribution in [2.45, 2.75) is 39.2 Å². The van der Waals surface area contributed by atoms with Gasteiger partial charge in [0.25, 0.3) is 0 Å². The fraction of sp³-hybridized carbons (Fsp3) is 0.467. The normalized spacial score (nSPS) is 11.5. The van der Waals surface area contributed by atoms with Gasteiger partial charge in [-0.15, -0.1) is 0 Å². The van der Waals surface area contributed by atoms with Gasteiger partial charge in [0.2, 0.25) is 5.91 Å². The third-order valence-electron chi connectivity index (χ3n) is 2.95. The number of unbranched alkanes of at least 4 members (excludes halogenated alkanes) is 2. The standard InChI is InChI=1S/C15H20FN3O/c1-3-4-5-8-18-15(20)11(2)19-14-7-6-13(16)9-12(14)10-17/h6-7,9,11,19H,3-5,8H2,1-2H3,(H,18,20). The highest BCUT2D eigenvalue weighted by atomic mass is 19.1. The number of benzene rings is 1. The highest BCUT2D eigenvalue weighted by Gasteiger charge is 2.14. The van der Waals surface area contributed by atoms with Gasteiger partial charge in [-0.25, -0.2) is 4.39 Å². The molecule has 0 aliphatic heterocycles. The van der Waals surface area contributed by atoms with Gasteiger partial charge in [0, 0.05) is 6.54 Å². The predicted octanol–water partition coefficient (Wildman–Crippen LogP) is 2.80. The van der Waals surface area contributed by atoms with Crippen LogP contribution in [0.5, 0.6) is 0 Å².